The molecule has 6 nitrogen and oxygen atoms in total. The van der Waals surface area contributed by atoms with E-state index in [0.717, 1.165) is 6.07 Å². The third kappa shape index (κ3) is 4.74. The van der Waals surface area contributed by atoms with Gasteiger partial charge in [0, 0.05) is 24.5 Å². The average molecular weight is 389 g/mol. The van der Waals surface area contributed by atoms with Crippen LogP contribution in [0.15, 0.2) is 48.7 Å². The zero-order valence-corrected chi connectivity index (χ0v) is 15.0. The minimum Gasteiger partial charge on any atom is -0.395 e. The Bertz CT molecular complexity index is 948. The molecule has 9 heteroatoms. The highest BCUT2D eigenvalue weighted by Crippen LogP contribution is 2.34. The number of alkyl halides is 3. The maximum Gasteiger partial charge on any atom is 0.416 e. The summed E-state index contributed by atoms with van der Waals surface area (Å²) in [5.41, 5.74) is 0.744. The first-order valence-corrected chi connectivity index (χ1v) is 8.47. The Morgan fingerprint density at radius 3 is 2.54 bits per heavy atom. The second kappa shape index (κ2) is 8.22. The van der Waals surface area contributed by atoms with Gasteiger partial charge in [-0.05, 0) is 36.8 Å². The van der Waals surface area contributed by atoms with Crippen LogP contribution >= 0.6 is 0 Å². The zero-order valence-electron chi connectivity index (χ0n) is 15.0. The molecule has 2 aromatic heterocycles. The van der Waals surface area contributed by atoms with E-state index in [4.69, 9.17) is 5.11 Å². The SMILES string of the molecule is Cc1ccc(Nc2cc(-c3ccccn3)nc(NCCO)n2)cc1C(F)(F)F. The Balaban J connectivity index is 1.97. The fraction of sp³-hybridized carbons (Fsp3) is 0.211. The number of rotatable bonds is 6. The largest absolute Gasteiger partial charge is 0.416 e. The van der Waals surface area contributed by atoms with Crippen molar-refractivity contribution in [3.05, 3.63) is 59.8 Å². The first-order valence-electron chi connectivity index (χ1n) is 8.47. The summed E-state index contributed by atoms with van der Waals surface area (Å²) in [6, 6.07) is 10.9. The van der Waals surface area contributed by atoms with Gasteiger partial charge in [0.15, 0.2) is 0 Å². The van der Waals surface area contributed by atoms with Crippen LogP contribution in [0.4, 0.5) is 30.6 Å². The summed E-state index contributed by atoms with van der Waals surface area (Å²) in [7, 11) is 0. The molecule has 0 fully saturated rings. The Morgan fingerprint density at radius 2 is 1.86 bits per heavy atom. The van der Waals surface area contributed by atoms with Gasteiger partial charge in [-0.2, -0.15) is 18.2 Å². The van der Waals surface area contributed by atoms with Gasteiger partial charge in [-0.15, -0.1) is 0 Å². The van der Waals surface area contributed by atoms with E-state index in [9.17, 15) is 13.2 Å². The summed E-state index contributed by atoms with van der Waals surface area (Å²) in [6.07, 6.45) is -2.83. The lowest BCUT2D eigenvalue weighted by molar-refractivity contribution is -0.138. The van der Waals surface area contributed by atoms with Gasteiger partial charge in [0.05, 0.1) is 23.6 Å². The first kappa shape index (κ1) is 19.6. The zero-order chi connectivity index (χ0) is 20.1. The van der Waals surface area contributed by atoms with E-state index in [-0.39, 0.29) is 30.4 Å². The highest BCUT2D eigenvalue weighted by atomic mass is 19.4. The van der Waals surface area contributed by atoms with Crippen molar-refractivity contribution in [1.82, 2.24) is 15.0 Å². The van der Waals surface area contributed by atoms with Crippen molar-refractivity contribution in [2.75, 3.05) is 23.8 Å². The summed E-state index contributed by atoms with van der Waals surface area (Å²) >= 11 is 0. The minimum atomic E-state index is -4.44. The number of aromatic nitrogens is 3. The number of aliphatic hydroxyl groups is 1. The van der Waals surface area contributed by atoms with Crippen LogP contribution in [0, 0.1) is 6.92 Å². The summed E-state index contributed by atoms with van der Waals surface area (Å²) in [5.74, 6) is 0.524. The fourth-order valence-corrected chi connectivity index (χ4v) is 2.56. The Hall–Kier alpha value is -3.20. The van der Waals surface area contributed by atoms with Gasteiger partial charge in [0.1, 0.15) is 5.82 Å². The number of nitrogens with one attached hydrogen (secondary N) is 2. The van der Waals surface area contributed by atoms with Crippen LogP contribution in [0.1, 0.15) is 11.1 Å². The normalized spacial score (nSPS) is 11.3. The molecule has 1 aromatic carbocycles. The van der Waals surface area contributed by atoms with Gasteiger partial charge in [-0.3, -0.25) is 4.98 Å². The van der Waals surface area contributed by atoms with Crippen molar-refractivity contribution < 1.29 is 18.3 Å². The third-order valence-corrected chi connectivity index (χ3v) is 3.86. The van der Waals surface area contributed by atoms with E-state index in [2.05, 4.69) is 25.6 Å². The molecule has 146 valence electrons. The van der Waals surface area contributed by atoms with Crippen molar-refractivity contribution in [2.24, 2.45) is 0 Å². The molecule has 0 atom stereocenters. The second-order valence-electron chi connectivity index (χ2n) is 5.98. The van der Waals surface area contributed by atoms with Crippen molar-refractivity contribution in [1.29, 1.82) is 0 Å². The molecule has 2 heterocycles. The average Bonchev–Trinajstić information content (AvgIpc) is 2.67. The number of benzene rings is 1. The molecular formula is C19H18F3N5O. The fourth-order valence-electron chi connectivity index (χ4n) is 2.56. The van der Waals surface area contributed by atoms with Crippen molar-refractivity contribution in [2.45, 2.75) is 13.1 Å². The molecule has 28 heavy (non-hydrogen) atoms. The molecular weight excluding hydrogens is 371 g/mol. The molecule has 3 aromatic rings. The number of anilines is 3. The number of halogens is 3. The quantitative estimate of drug-likeness (QED) is 0.591. The van der Waals surface area contributed by atoms with Crippen LogP contribution in [-0.2, 0) is 6.18 Å². The molecule has 0 bridgehead atoms. The minimum absolute atomic E-state index is 0.118. The molecule has 0 aliphatic heterocycles. The van der Waals surface area contributed by atoms with E-state index < -0.39 is 11.7 Å². The molecule has 0 amide bonds. The van der Waals surface area contributed by atoms with E-state index >= 15 is 0 Å². The van der Waals surface area contributed by atoms with E-state index in [1.165, 1.54) is 13.0 Å². The van der Waals surface area contributed by atoms with E-state index in [1.54, 1.807) is 36.5 Å². The molecule has 0 aliphatic rings. The van der Waals surface area contributed by atoms with Crippen LogP contribution in [0.5, 0.6) is 0 Å². The van der Waals surface area contributed by atoms with Crippen LogP contribution in [0.2, 0.25) is 0 Å². The number of hydrogen-bond donors (Lipinski definition) is 3. The van der Waals surface area contributed by atoms with Gasteiger partial charge in [-0.25, -0.2) is 4.98 Å². The highest BCUT2D eigenvalue weighted by Gasteiger charge is 2.32. The van der Waals surface area contributed by atoms with E-state index in [1.807, 2.05) is 0 Å². The van der Waals surface area contributed by atoms with Crippen molar-refractivity contribution in [3.63, 3.8) is 0 Å². The van der Waals surface area contributed by atoms with Gasteiger partial charge in [0.2, 0.25) is 5.95 Å². The lowest BCUT2D eigenvalue weighted by atomic mass is 10.1. The molecule has 0 spiro atoms. The number of aliphatic hydroxyl groups excluding tert-OH is 1. The second-order valence-corrected chi connectivity index (χ2v) is 5.98. The summed E-state index contributed by atoms with van der Waals surface area (Å²) in [4.78, 5) is 12.8. The predicted molar refractivity (Wildman–Crippen MR) is 100 cm³/mol. The Kier molecular flexibility index (Phi) is 5.74. The van der Waals surface area contributed by atoms with Gasteiger partial charge < -0.3 is 15.7 Å². The molecule has 0 unspecified atom stereocenters. The number of pyridine rings is 1. The maximum absolute atomic E-state index is 13.2. The summed E-state index contributed by atoms with van der Waals surface area (Å²) in [6.45, 7) is 1.52. The lowest BCUT2D eigenvalue weighted by Gasteiger charge is -2.14. The molecule has 0 aliphatic carbocycles. The molecule has 3 N–H and O–H groups in total. The van der Waals surface area contributed by atoms with Crippen LogP contribution in [-0.4, -0.2) is 33.2 Å². The van der Waals surface area contributed by atoms with Crippen molar-refractivity contribution >= 4 is 17.5 Å². The van der Waals surface area contributed by atoms with Gasteiger partial charge in [0.25, 0.3) is 0 Å². The smallest absolute Gasteiger partial charge is 0.395 e. The molecule has 3 rings (SSSR count). The third-order valence-electron chi connectivity index (χ3n) is 3.86. The van der Waals surface area contributed by atoms with Gasteiger partial charge >= 0.3 is 6.18 Å². The Labute approximate surface area is 159 Å². The predicted octanol–water partition coefficient (Wildman–Crippen LogP) is 4.01. The topological polar surface area (TPSA) is 83.0 Å². The number of nitrogens with zero attached hydrogens (tertiary/aromatic N) is 3. The number of aryl methyl sites for hydroxylation is 1. The lowest BCUT2D eigenvalue weighted by Crippen LogP contribution is -2.11. The van der Waals surface area contributed by atoms with Crippen LogP contribution in [0.3, 0.4) is 0 Å². The standard InChI is InChI=1S/C19H18F3N5O/c1-12-5-6-13(10-14(12)19(20,21)22)25-17-11-16(15-4-2-3-7-23-15)26-18(27-17)24-8-9-28/h2-7,10-11,28H,8-9H2,1H3,(H2,24,25,26,27). The summed E-state index contributed by atoms with van der Waals surface area (Å²) in [5, 5.41) is 14.7. The van der Waals surface area contributed by atoms with Crippen LogP contribution < -0.4 is 10.6 Å². The highest BCUT2D eigenvalue weighted by molar-refractivity contribution is 5.66. The van der Waals surface area contributed by atoms with E-state index in [0.29, 0.717) is 17.2 Å². The number of hydrogen-bond acceptors (Lipinski definition) is 6. The molecule has 0 saturated heterocycles. The maximum atomic E-state index is 13.2. The Morgan fingerprint density at radius 1 is 1.04 bits per heavy atom. The molecule has 0 radical (unpaired) electrons. The first-order chi connectivity index (χ1) is 13.4. The molecule has 0 saturated carbocycles. The monoisotopic (exact) mass is 389 g/mol. The summed E-state index contributed by atoms with van der Waals surface area (Å²) < 4.78 is 39.5. The van der Waals surface area contributed by atoms with Crippen LogP contribution in [0.25, 0.3) is 11.4 Å². The van der Waals surface area contributed by atoms with Crippen molar-refractivity contribution in [3.8, 4) is 11.4 Å². The van der Waals surface area contributed by atoms with Gasteiger partial charge in [-0.1, -0.05) is 12.1 Å².